The van der Waals surface area contributed by atoms with Gasteiger partial charge in [-0.05, 0) is 25.5 Å². The zero-order valence-corrected chi connectivity index (χ0v) is 13.3. The zero-order valence-electron chi connectivity index (χ0n) is 13.3. The highest BCUT2D eigenvalue weighted by Gasteiger charge is 2.33. The van der Waals surface area contributed by atoms with Crippen LogP contribution < -0.4 is 4.90 Å². The van der Waals surface area contributed by atoms with Crippen molar-refractivity contribution in [2.45, 2.75) is 51.5 Å². The largest absolute Gasteiger partial charge is 0.364 e. The molecule has 4 nitrogen and oxygen atoms in total. The van der Waals surface area contributed by atoms with Crippen LogP contribution in [0.5, 0.6) is 0 Å². The number of morpholine rings is 1. The van der Waals surface area contributed by atoms with Crippen molar-refractivity contribution < 1.29 is 9.64 Å². The molecule has 2 saturated heterocycles. The number of quaternary nitrogens is 1. The maximum atomic E-state index is 5.87. The number of rotatable bonds is 3. The van der Waals surface area contributed by atoms with E-state index in [-0.39, 0.29) is 0 Å². The van der Waals surface area contributed by atoms with E-state index in [0.717, 1.165) is 12.6 Å². The van der Waals surface area contributed by atoms with Crippen molar-refractivity contribution in [1.29, 1.82) is 0 Å². The van der Waals surface area contributed by atoms with Gasteiger partial charge in [-0.15, -0.1) is 0 Å². The highest BCUT2D eigenvalue weighted by atomic mass is 16.5. The van der Waals surface area contributed by atoms with Gasteiger partial charge < -0.3 is 9.64 Å². The van der Waals surface area contributed by atoms with Gasteiger partial charge >= 0.3 is 0 Å². The van der Waals surface area contributed by atoms with Crippen LogP contribution in [-0.4, -0.2) is 54.3 Å². The molecule has 1 aromatic rings. The minimum absolute atomic E-state index is 0.414. The molecule has 0 radical (unpaired) electrons. The molecule has 4 heteroatoms. The molecule has 1 aromatic heterocycles. The average molecular weight is 290 g/mol. The maximum absolute atomic E-state index is 5.87. The van der Waals surface area contributed by atoms with Gasteiger partial charge in [0.05, 0.1) is 6.04 Å². The van der Waals surface area contributed by atoms with Crippen molar-refractivity contribution in [1.82, 2.24) is 9.88 Å². The van der Waals surface area contributed by atoms with E-state index in [1.54, 1.807) is 4.90 Å². The lowest BCUT2D eigenvalue weighted by molar-refractivity contribution is -0.940. The predicted octanol–water partition coefficient (Wildman–Crippen LogP) is 0.738. The zero-order chi connectivity index (χ0) is 14.7. The number of piperidine rings is 1. The van der Waals surface area contributed by atoms with Crippen LogP contribution in [0.25, 0.3) is 0 Å². The van der Waals surface area contributed by atoms with Gasteiger partial charge in [-0.1, -0.05) is 6.07 Å². The molecule has 116 valence electrons. The van der Waals surface area contributed by atoms with E-state index in [2.05, 4.69) is 29.8 Å². The van der Waals surface area contributed by atoms with E-state index >= 15 is 0 Å². The number of hydrogen-bond acceptors (Lipinski definition) is 3. The summed E-state index contributed by atoms with van der Waals surface area (Å²) in [5, 5.41) is 0. The standard InChI is InChI=1S/C17H27N3O/c1-14-11-20(12-15(2)21-14)17-5-8-19(9-6-17)13-16-4-3-7-18-10-16/h3-4,7,10,14-15,17H,5-6,8-9,11-13H2,1-2H3/p+1. The minimum Gasteiger partial charge on any atom is -0.364 e. The quantitative estimate of drug-likeness (QED) is 0.890. The Morgan fingerprint density at radius 2 is 1.95 bits per heavy atom. The Kier molecular flexibility index (Phi) is 4.88. The lowest BCUT2D eigenvalue weighted by atomic mass is 10.0. The molecule has 2 fully saturated rings. The molecule has 2 aliphatic rings. The molecule has 0 spiro atoms. The minimum atomic E-state index is 0.414. The van der Waals surface area contributed by atoms with Crippen molar-refractivity contribution in [3.05, 3.63) is 30.1 Å². The van der Waals surface area contributed by atoms with Gasteiger partial charge in [-0.2, -0.15) is 0 Å². The first kappa shape index (κ1) is 14.9. The molecule has 0 aromatic carbocycles. The third kappa shape index (κ3) is 4.02. The lowest BCUT2D eigenvalue weighted by Crippen LogP contribution is -3.19. The molecular formula is C17H28N3O+. The molecule has 2 aliphatic heterocycles. The summed E-state index contributed by atoms with van der Waals surface area (Å²) in [5.74, 6) is 0. The van der Waals surface area contributed by atoms with Crippen molar-refractivity contribution in [2.24, 2.45) is 0 Å². The van der Waals surface area contributed by atoms with Gasteiger partial charge in [0.15, 0.2) is 0 Å². The lowest BCUT2D eigenvalue weighted by Gasteiger charge is -2.41. The molecule has 3 heterocycles. The first-order valence-corrected chi connectivity index (χ1v) is 8.32. The third-order valence-corrected chi connectivity index (χ3v) is 4.86. The summed E-state index contributed by atoms with van der Waals surface area (Å²) in [7, 11) is 0. The second kappa shape index (κ2) is 6.86. The summed E-state index contributed by atoms with van der Waals surface area (Å²) in [6.45, 7) is 10.3. The first-order valence-electron chi connectivity index (χ1n) is 8.32. The fraction of sp³-hybridized carbons (Fsp3) is 0.706. The van der Waals surface area contributed by atoms with Crippen LogP contribution in [0.2, 0.25) is 0 Å². The molecule has 0 bridgehead atoms. The fourth-order valence-corrected chi connectivity index (χ4v) is 3.90. The van der Waals surface area contributed by atoms with Crippen LogP contribution in [0.1, 0.15) is 32.3 Å². The number of pyridine rings is 1. The Hall–Kier alpha value is -0.970. The van der Waals surface area contributed by atoms with Crippen molar-refractivity contribution >= 4 is 0 Å². The Labute approximate surface area is 128 Å². The van der Waals surface area contributed by atoms with Gasteiger partial charge in [0, 0.05) is 44.9 Å². The number of nitrogens with one attached hydrogen (secondary N) is 1. The van der Waals surface area contributed by atoms with Crippen LogP contribution in [0.3, 0.4) is 0 Å². The van der Waals surface area contributed by atoms with Crippen molar-refractivity contribution in [3.63, 3.8) is 0 Å². The Morgan fingerprint density at radius 1 is 1.24 bits per heavy atom. The fourth-order valence-electron chi connectivity index (χ4n) is 3.90. The van der Waals surface area contributed by atoms with E-state index in [9.17, 15) is 0 Å². The Morgan fingerprint density at radius 3 is 2.57 bits per heavy atom. The highest BCUT2D eigenvalue weighted by Crippen LogP contribution is 2.13. The normalized spacial score (nSPS) is 32.2. The summed E-state index contributed by atoms with van der Waals surface area (Å²) in [6, 6.07) is 5.03. The molecule has 0 aliphatic carbocycles. The molecule has 1 N–H and O–H groups in total. The Balaban J connectivity index is 1.48. The van der Waals surface area contributed by atoms with E-state index in [4.69, 9.17) is 4.74 Å². The van der Waals surface area contributed by atoms with Gasteiger partial charge in [0.1, 0.15) is 25.3 Å². The summed E-state index contributed by atoms with van der Waals surface area (Å²) in [6.07, 6.45) is 7.29. The van der Waals surface area contributed by atoms with E-state index in [1.165, 1.54) is 44.6 Å². The van der Waals surface area contributed by atoms with Crippen LogP contribution in [0.4, 0.5) is 0 Å². The predicted molar refractivity (Wildman–Crippen MR) is 83.2 cm³/mol. The monoisotopic (exact) mass is 290 g/mol. The Bertz CT molecular complexity index is 421. The topological polar surface area (TPSA) is 29.8 Å². The molecule has 0 amide bonds. The number of likely N-dealkylation sites (tertiary alicyclic amines) is 1. The summed E-state index contributed by atoms with van der Waals surface area (Å²) in [4.78, 5) is 8.55. The van der Waals surface area contributed by atoms with Gasteiger partial charge in [0.25, 0.3) is 0 Å². The van der Waals surface area contributed by atoms with E-state index in [0.29, 0.717) is 12.2 Å². The number of hydrogen-bond donors (Lipinski definition) is 1. The number of nitrogens with zero attached hydrogens (tertiary/aromatic N) is 2. The maximum Gasteiger partial charge on any atom is 0.104 e. The molecule has 2 atom stereocenters. The highest BCUT2D eigenvalue weighted by molar-refractivity contribution is 5.08. The molecule has 21 heavy (non-hydrogen) atoms. The van der Waals surface area contributed by atoms with Gasteiger partial charge in [-0.25, -0.2) is 0 Å². The molecule has 0 saturated carbocycles. The summed E-state index contributed by atoms with van der Waals surface area (Å²) in [5.41, 5.74) is 1.33. The van der Waals surface area contributed by atoms with Crippen molar-refractivity contribution in [2.75, 3.05) is 26.2 Å². The second-order valence-corrected chi connectivity index (χ2v) is 6.74. The first-order chi connectivity index (χ1) is 10.2. The summed E-state index contributed by atoms with van der Waals surface area (Å²) < 4.78 is 5.87. The van der Waals surface area contributed by atoms with Crippen LogP contribution in [0.15, 0.2) is 24.5 Å². The molecule has 3 rings (SSSR count). The SMILES string of the molecule is CC1C[NH+](C2CCN(Cc3cccnc3)CC2)CC(C)O1. The van der Waals surface area contributed by atoms with Gasteiger partial charge in [0.2, 0.25) is 0 Å². The average Bonchev–Trinajstić information content (AvgIpc) is 2.48. The van der Waals surface area contributed by atoms with Crippen molar-refractivity contribution in [3.8, 4) is 0 Å². The van der Waals surface area contributed by atoms with E-state index in [1.807, 2.05) is 18.5 Å². The number of aromatic nitrogens is 1. The molecule has 2 unspecified atom stereocenters. The van der Waals surface area contributed by atoms with Gasteiger partial charge in [-0.3, -0.25) is 9.88 Å². The third-order valence-electron chi connectivity index (χ3n) is 4.86. The smallest absolute Gasteiger partial charge is 0.104 e. The van der Waals surface area contributed by atoms with E-state index < -0.39 is 0 Å². The number of ether oxygens (including phenoxy) is 1. The van der Waals surface area contributed by atoms with Crippen LogP contribution in [0, 0.1) is 0 Å². The second-order valence-electron chi connectivity index (χ2n) is 6.74. The molecular weight excluding hydrogens is 262 g/mol. The van der Waals surface area contributed by atoms with Crippen LogP contribution >= 0.6 is 0 Å². The summed E-state index contributed by atoms with van der Waals surface area (Å²) >= 11 is 0. The van der Waals surface area contributed by atoms with Crippen LogP contribution in [-0.2, 0) is 11.3 Å².